The molecule has 0 spiro atoms. The standard InChI is InChI=1S/C22H25FO3/c23-17-7-1-14(2-8-17)11-21-16-5-3-15(4-6-16)20(21)10-9-19-12-18(24)13-22(25)26-19/h1-3,5,7-10,15-16,18-21,24H,4,6,11-13H2/b10-9+/t15-,16?,18+,19+,20?,21-/m0/s1. The number of halogens is 1. The van der Waals surface area contributed by atoms with Crippen LogP contribution in [0, 0.1) is 29.5 Å². The van der Waals surface area contributed by atoms with Gasteiger partial charge in [0.2, 0.25) is 0 Å². The number of aliphatic hydroxyl groups is 1. The molecule has 4 aliphatic rings. The van der Waals surface area contributed by atoms with E-state index in [9.17, 15) is 14.3 Å². The molecule has 0 radical (unpaired) electrons. The number of hydrogen-bond acceptors (Lipinski definition) is 3. The second kappa shape index (κ2) is 7.36. The van der Waals surface area contributed by atoms with Gasteiger partial charge in [0.25, 0.3) is 0 Å². The molecule has 1 aliphatic heterocycles. The quantitative estimate of drug-likeness (QED) is 0.659. The maximum atomic E-state index is 13.2. The summed E-state index contributed by atoms with van der Waals surface area (Å²) in [5.41, 5.74) is 1.16. The first kappa shape index (κ1) is 17.5. The molecule has 1 saturated heterocycles. The SMILES string of the molecule is O=C1C[C@H](O)C[C@@H](/C=C/C2[C@@H](Cc3ccc(F)cc3)C3C=C[C@H]2CC3)O1. The number of ether oxygens (including phenoxy) is 1. The topological polar surface area (TPSA) is 46.5 Å². The third-order valence-corrected chi connectivity index (χ3v) is 6.10. The van der Waals surface area contributed by atoms with Crippen molar-refractivity contribution < 1.29 is 19.0 Å². The van der Waals surface area contributed by atoms with E-state index < -0.39 is 6.10 Å². The summed E-state index contributed by atoms with van der Waals surface area (Å²) in [4.78, 5) is 11.5. The Hall–Kier alpha value is -1.94. The number of cyclic esters (lactones) is 1. The van der Waals surface area contributed by atoms with Crippen molar-refractivity contribution >= 4 is 5.97 Å². The van der Waals surface area contributed by atoms with Crippen molar-refractivity contribution in [3.8, 4) is 0 Å². The maximum Gasteiger partial charge on any atom is 0.309 e. The van der Waals surface area contributed by atoms with E-state index in [0.29, 0.717) is 30.1 Å². The molecule has 4 heteroatoms. The summed E-state index contributed by atoms with van der Waals surface area (Å²) in [6.07, 6.45) is 11.8. The van der Waals surface area contributed by atoms with Gasteiger partial charge in [0.15, 0.2) is 0 Å². The van der Waals surface area contributed by atoms with Gasteiger partial charge in [-0.05, 0) is 66.7 Å². The van der Waals surface area contributed by atoms with E-state index in [1.54, 1.807) is 0 Å². The fourth-order valence-electron chi connectivity index (χ4n) is 4.79. The Bertz CT molecular complexity index is 709. The van der Waals surface area contributed by atoms with Gasteiger partial charge >= 0.3 is 5.97 Å². The van der Waals surface area contributed by atoms with E-state index in [1.807, 2.05) is 18.2 Å². The Balaban J connectivity index is 1.50. The highest BCUT2D eigenvalue weighted by atomic mass is 19.1. The molecule has 138 valence electrons. The van der Waals surface area contributed by atoms with Gasteiger partial charge in [-0.25, -0.2) is 4.39 Å². The molecular formula is C22H25FO3. The fraction of sp³-hybridized carbons (Fsp3) is 0.500. The zero-order valence-electron chi connectivity index (χ0n) is 14.8. The Kier molecular flexibility index (Phi) is 4.94. The molecular weight excluding hydrogens is 331 g/mol. The average molecular weight is 356 g/mol. The number of benzene rings is 1. The molecule has 1 heterocycles. The number of carbonyl (C=O) groups excluding carboxylic acids is 1. The lowest BCUT2D eigenvalue weighted by Gasteiger charge is -2.44. The van der Waals surface area contributed by atoms with Gasteiger partial charge < -0.3 is 9.84 Å². The number of carbonyl (C=O) groups is 1. The summed E-state index contributed by atoms with van der Waals surface area (Å²) in [5, 5.41) is 9.78. The zero-order chi connectivity index (χ0) is 18.1. The normalized spacial score (nSPS) is 36.5. The van der Waals surface area contributed by atoms with Crippen LogP contribution >= 0.6 is 0 Å². The molecule has 2 fully saturated rings. The molecule has 1 aromatic rings. The number of fused-ring (bicyclic) bond motifs is 2. The highest BCUT2D eigenvalue weighted by Gasteiger charge is 2.39. The number of aliphatic hydroxyl groups excluding tert-OH is 1. The van der Waals surface area contributed by atoms with Crippen LogP contribution in [0.5, 0.6) is 0 Å². The average Bonchev–Trinajstić information content (AvgIpc) is 2.63. The highest BCUT2D eigenvalue weighted by molar-refractivity contribution is 5.71. The molecule has 1 aromatic carbocycles. The lowest BCUT2D eigenvalue weighted by molar-refractivity contribution is -0.156. The molecule has 0 aromatic heterocycles. The van der Waals surface area contributed by atoms with E-state index in [0.717, 1.165) is 12.0 Å². The maximum absolute atomic E-state index is 13.2. The fourth-order valence-corrected chi connectivity index (χ4v) is 4.79. The predicted octanol–water partition coefficient (Wildman–Crippen LogP) is 3.82. The van der Waals surface area contributed by atoms with Crippen LogP contribution in [0.4, 0.5) is 4.39 Å². The number of rotatable bonds is 4. The molecule has 2 bridgehead atoms. The van der Waals surface area contributed by atoms with E-state index >= 15 is 0 Å². The molecule has 6 atom stereocenters. The Labute approximate surface area is 153 Å². The van der Waals surface area contributed by atoms with Gasteiger partial charge in [-0.3, -0.25) is 4.79 Å². The smallest absolute Gasteiger partial charge is 0.309 e. The second-order valence-corrected chi connectivity index (χ2v) is 7.87. The molecule has 3 nitrogen and oxygen atoms in total. The first-order valence-electron chi connectivity index (χ1n) is 9.57. The van der Waals surface area contributed by atoms with Crippen LogP contribution in [-0.2, 0) is 16.0 Å². The number of allylic oxidation sites excluding steroid dienone is 3. The van der Waals surface area contributed by atoms with Crippen molar-refractivity contribution in [1.29, 1.82) is 0 Å². The van der Waals surface area contributed by atoms with E-state index in [1.165, 1.54) is 25.0 Å². The number of hydrogen-bond donors (Lipinski definition) is 1. The van der Waals surface area contributed by atoms with Gasteiger partial charge in [0, 0.05) is 6.42 Å². The van der Waals surface area contributed by atoms with Gasteiger partial charge in [-0.15, -0.1) is 0 Å². The van der Waals surface area contributed by atoms with E-state index in [-0.39, 0.29) is 24.3 Å². The van der Waals surface area contributed by atoms with E-state index in [2.05, 4.69) is 18.2 Å². The zero-order valence-corrected chi connectivity index (χ0v) is 14.8. The summed E-state index contributed by atoms with van der Waals surface area (Å²) >= 11 is 0. The largest absolute Gasteiger partial charge is 0.458 e. The summed E-state index contributed by atoms with van der Waals surface area (Å²) in [7, 11) is 0. The summed E-state index contributed by atoms with van der Waals surface area (Å²) < 4.78 is 18.5. The van der Waals surface area contributed by atoms with Crippen LogP contribution in [-0.4, -0.2) is 23.3 Å². The molecule has 0 amide bonds. The van der Waals surface area contributed by atoms with Crippen molar-refractivity contribution in [1.82, 2.24) is 0 Å². The van der Waals surface area contributed by atoms with Crippen LogP contribution in [0.15, 0.2) is 48.6 Å². The van der Waals surface area contributed by atoms with Crippen LogP contribution in [0.2, 0.25) is 0 Å². The van der Waals surface area contributed by atoms with Crippen molar-refractivity contribution in [2.75, 3.05) is 0 Å². The molecule has 26 heavy (non-hydrogen) atoms. The Morgan fingerprint density at radius 2 is 1.85 bits per heavy atom. The van der Waals surface area contributed by atoms with Crippen molar-refractivity contribution in [2.24, 2.45) is 23.7 Å². The predicted molar refractivity (Wildman–Crippen MR) is 96.7 cm³/mol. The van der Waals surface area contributed by atoms with Gasteiger partial charge in [-0.1, -0.05) is 30.4 Å². The second-order valence-electron chi connectivity index (χ2n) is 7.87. The Morgan fingerprint density at radius 1 is 1.12 bits per heavy atom. The van der Waals surface area contributed by atoms with Crippen molar-refractivity contribution in [2.45, 2.75) is 44.3 Å². The first-order chi connectivity index (χ1) is 12.6. The minimum atomic E-state index is -0.608. The van der Waals surface area contributed by atoms with Gasteiger partial charge in [-0.2, -0.15) is 0 Å². The molecule has 3 aliphatic carbocycles. The van der Waals surface area contributed by atoms with Gasteiger partial charge in [0.1, 0.15) is 11.9 Å². The lowest BCUT2D eigenvalue weighted by atomic mass is 9.60. The van der Waals surface area contributed by atoms with Crippen molar-refractivity contribution in [3.05, 3.63) is 60.0 Å². The van der Waals surface area contributed by atoms with Crippen molar-refractivity contribution in [3.63, 3.8) is 0 Å². The van der Waals surface area contributed by atoms with Gasteiger partial charge in [0.05, 0.1) is 12.5 Å². The Morgan fingerprint density at radius 3 is 2.54 bits per heavy atom. The minimum Gasteiger partial charge on any atom is -0.458 e. The monoisotopic (exact) mass is 356 g/mol. The highest BCUT2D eigenvalue weighted by Crippen LogP contribution is 2.47. The molecule has 1 saturated carbocycles. The molecule has 5 rings (SSSR count). The molecule has 2 unspecified atom stereocenters. The third kappa shape index (κ3) is 3.75. The third-order valence-electron chi connectivity index (χ3n) is 6.10. The van der Waals surface area contributed by atoms with Crippen LogP contribution in [0.1, 0.15) is 31.2 Å². The summed E-state index contributed by atoms with van der Waals surface area (Å²) in [6, 6.07) is 6.81. The summed E-state index contributed by atoms with van der Waals surface area (Å²) in [6.45, 7) is 0. The summed E-state index contributed by atoms with van der Waals surface area (Å²) in [5.74, 6) is 1.38. The van der Waals surface area contributed by atoms with Crippen LogP contribution < -0.4 is 0 Å². The minimum absolute atomic E-state index is 0.0917. The number of esters is 1. The van der Waals surface area contributed by atoms with Crippen LogP contribution in [0.3, 0.4) is 0 Å². The van der Waals surface area contributed by atoms with Crippen LogP contribution in [0.25, 0.3) is 0 Å². The first-order valence-corrected chi connectivity index (χ1v) is 9.57. The lowest BCUT2D eigenvalue weighted by Crippen LogP contribution is -2.37. The van der Waals surface area contributed by atoms with E-state index in [4.69, 9.17) is 4.74 Å². The molecule has 1 N–H and O–H groups in total.